The van der Waals surface area contributed by atoms with Gasteiger partial charge >= 0.3 is 17.9 Å². The number of ether oxygens (including phenoxy) is 2. The van der Waals surface area contributed by atoms with Crippen molar-refractivity contribution in [3.8, 4) is 5.75 Å². The number of allylic oxidation sites excluding steroid dienone is 1. The van der Waals surface area contributed by atoms with E-state index >= 15 is 0 Å². The van der Waals surface area contributed by atoms with Crippen LogP contribution in [-0.4, -0.2) is 34.2 Å². The number of fused-ring (bicyclic) bond motifs is 7. The van der Waals surface area contributed by atoms with Gasteiger partial charge in [0.1, 0.15) is 17.3 Å². The lowest BCUT2D eigenvalue weighted by molar-refractivity contribution is -0.171. The first-order chi connectivity index (χ1) is 22.9. The number of hydrogen-bond acceptors (Lipinski definition) is 6. The van der Waals surface area contributed by atoms with Crippen molar-refractivity contribution in [2.24, 2.45) is 39.9 Å². The zero-order valence-electron chi connectivity index (χ0n) is 30.5. The molecular weight excluding hydrogens is 616 g/mol. The van der Waals surface area contributed by atoms with Gasteiger partial charge in [-0.3, -0.25) is 14.4 Å². The third kappa shape index (κ3) is 4.72. The van der Waals surface area contributed by atoms with Crippen molar-refractivity contribution >= 4 is 17.9 Å². The number of aliphatic hydroxyl groups excluding tert-OH is 1. The molecule has 1 aliphatic heterocycles. The number of aliphatic carboxylic acids is 1. The number of aliphatic hydroxyl groups is 1. The maximum atomic E-state index is 14.7. The van der Waals surface area contributed by atoms with Crippen LogP contribution in [0, 0.1) is 39.9 Å². The van der Waals surface area contributed by atoms with Gasteiger partial charge in [0, 0.05) is 24.0 Å². The van der Waals surface area contributed by atoms with Crippen molar-refractivity contribution in [2.75, 3.05) is 0 Å². The van der Waals surface area contributed by atoms with Crippen LogP contribution in [0.1, 0.15) is 141 Å². The summed E-state index contributed by atoms with van der Waals surface area (Å²) in [6, 6.07) is 4.03. The molecule has 0 aromatic heterocycles. The molecule has 6 aliphatic rings. The lowest BCUT2D eigenvalue weighted by Gasteiger charge is -2.58. The molecule has 266 valence electrons. The van der Waals surface area contributed by atoms with E-state index in [1.54, 1.807) is 0 Å². The SMILES string of the molecule is C=C1CC[C@H]2C(C)(C)CCC[C@]2(C(=O)O)[C@H]1C[C@H]1C(=C)[C@@H](O)CC[C@]12C(=O)Oc1ccc3c(c12)[C@@H](OC(C)=O)C[C@H]1C(C)(C)CCC[C@]31C. The van der Waals surface area contributed by atoms with Gasteiger partial charge in [-0.05, 0) is 115 Å². The van der Waals surface area contributed by atoms with Crippen molar-refractivity contribution in [1.29, 1.82) is 0 Å². The molecule has 7 nitrogen and oxygen atoms in total. The van der Waals surface area contributed by atoms with Gasteiger partial charge in [-0.15, -0.1) is 0 Å². The summed E-state index contributed by atoms with van der Waals surface area (Å²) >= 11 is 0. The Balaban J connectivity index is 1.43. The van der Waals surface area contributed by atoms with Crippen LogP contribution >= 0.6 is 0 Å². The van der Waals surface area contributed by atoms with Gasteiger partial charge in [0.25, 0.3) is 0 Å². The molecule has 1 spiro atoms. The summed E-state index contributed by atoms with van der Waals surface area (Å²) in [5.41, 5.74) is 1.73. The molecule has 0 bridgehead atoms. The summed E-state index contributed by atoms with van der Waals surface area (Å²) in [5.74, 6) is -1.78. The number of carbonyl (C=O) groups excluding carboxylic acids is 2. The number of carboxylic acids is 1. The Hall–Kier alpha value is -2.93. The zero-order valence-corrected chi connectivity index (χ0v) is 30.5. The fourth-order valence-corrected chi connectivity index (χ4v) is 12.9. The predicted octanol–water partition coefficient (Wildman–Crippen LogP) is 8.52. The smallest absolute Gasteiger partial charge is 0.322 e. The van der Waals surface area contributed by atoms with Crippen LogP contribution in [0.2, 0.25) is 0 Å². The van der Waals surface area contributed by atoms with Gasteiger partial charge in [0.2, 0.25) is 0 Å². The van der Waals surface area contributed by atoms with Gasteiger partial charge in [-0.2, -0.15) is 0 Å². The highest BCUT2D eigenvalue weighted by molar-refractivity contribution is 5.93. The molecule has 0 amide bonds. The van der Waals surface area contributed by atoms with E-state index in [0.29, 0.717) is 43.4 Å². The van der Waals surface area contributed by atoms with Gasteiger partial charge < -0.3 is 19.7 Å². The second kappa shape index (κ2) is 11.3. The van der Waals surface area contributed by atoms with E-state index in [4.69, 9.17) is 9.47 Å². The van der Waals surface area contributed by atoms with Crippen LogP contribution in [-0.2, 0) is 30.0 Å². The molecule has 2 N–H and O–H groups in total. The summed E-state index contributed by atoms with van der Waals surface area (Å²) < 4.78 is 12.5. The molecule has 1 aromatic carbocycles. The topological polar surface area (TPSA) is 110 Å². The number of carboxylic acid groups (broad SMARTS) is 1. The molecule has 1 heterocycles. The number of hydrogen-bond donors (Lipinski definition) is 2. The van der Waals surface area contributed by atoms with E-state index in [-0.39, 0.29) is 40.0 Å². The highest BCUT2D eigenvalue weighted by Crippen LogP contribution is 2.67. The predicted molar refractivity (Wildman–Crippen MR) is 187 cm³/mol. The zero-order chi connectivity index (χ0) is 35.5. The van der Waals surface area contributed by atoms with E-state index in [0.717, 1.165) is 67.2 Å². The Kier molecular flexibility index (Phi) is 7.95. The van der Waals surface area contributed by atoms with E-state index in [9.17, 15) is 24.6 Å². The Labute approximate surface area is 291 Å². The van der Waals surface area contributed by atoms with Crippen LogP contribution < -0.4 is 4.74 Å². The average Bonchev–Trinajstić information content (AvgIpc) is 3.29. The minimum atomic E-state index is -1.19. The van der Waals surface area contributed by atoms with Crippen molar-refractivity contribution in [3.05, 3.63) is 53.1 Å². The number of rotatable bonds is 4. The second-order valence-electron chi connectivity index (χ2n) is 18.3. The average molecular weight is 673 g/mol. The van der Waals surface area contributed by atoms with Gasteiger partial charge in [0.15, 0.2) is 0 Å². The molecule has 0 radical (unpaired) electrons. The normalized spacial score (nSPS) is 40.4. The minimum Gasteiger partial charge on any atom is -0.481 e. The molecular formula is C42H56O7. The van der Waals surface area contributed by atoms with E-state index in [1.807, 2.05) is 6.07 Å². The first-order valence-corrected chi connectivity index (χ1v) is 18.8. The first kappa shape index (κ1) is 34.5. The molecule has 0 unspecified atom stereocenters. The lowest BCUT2D eigenvalue weighted by atomic mass is 9.44. The van der Waals surface area contributed by atoms with Gasteiger partial charge in [0.05, 0.1) is 11.5 Å². The molecule has 7 rings (SSSR count). The van der Waals surface area contributed by atoms with Crippen LogP contribution in [0.15, 0.2) is 36.4 Å². The molecule has 4 saturated carbocycles. The van der Waals surface area contributed by atoms with Crippen molar-refractivity contribution in [3.63, 3.8) is 0 Å². The molecule has 49 heavy (non-hydrogen) atoms. The summed E-state index contributed by atoms with van der Waals surface area (Å²) in [5, 5.41) is 22.6. The van der Waals surface area contributed by atoms with Crippen LogP contribution in [0.4, 0.5) is 0 Å². The van der Waals surface area contributed by atoms with Crippen molar-refractivity contribution < 1.29 is 34.1 Å². The summed E-state index contributed by atoms with van der Waals surface area (Å²) in [6.45, 7) is 21.8. The summed E-state index contributed by atoms with van der Waals surface area (Å²) in [4.78, 5) is 41.1. The molecule has 1 aromatic rings. The van der Waals surface area contributed by atoms with E-state index in [1.165, 1.54) is 6.92 Å². The molecule has 7 heteroatoms. The first-order valence-electron chi connectivity index (χ1n) is 18.8. The third-order valence-electron chi connectivity index (χ3n) is 15.1. The van der Waals surface area contributed by atoms with Crippen LogP contribution in [0.25, 0.3) is 0 Å². The summed E-state index contributed by atoms with van der Waals surface area (Å²) in [6.07, 6.45) is 7.36. The standard InChI is InChI=1S/C42H56O7/c1-23-11-14-32-38(4,5)17-10-19-41(32,36(45)46)27(23)21-28-24(2)29(44)15-20-42(28)35-30(49-37(42)47)13-12-26-34(35)31(48-25(3)43)22-33-39(6,7)16-9-18-40(26,33)8/h12-13,27-29,31-33,44H,1-2,9-11,14-22H2,3-8H3,(H,45,46)/t27-,28-,29-,31-,32-,33-,40+,41-,42-/m0/s1. The molecule has 4 fully saturated rings. The Morgan fingerprint density at radius 2 is 1.61 bits per heavy atom. The highest BCUT2D eigenvalue weighted by atomic mass is 16.5. The largest absolute Gasteiger partial charge is 0.481 e. The van der Waals surface area contributed by atoms with Crippen molar-refractivity contribution in [1.82, 2.24) is 0 Å². The maximum absolute atomic E-state index is 14.7. The number of carbonyl (C=O) groups is 3. The fraction of sp³-hybridized carbons (Fsp3) is 0.690. The minimum absolute atomic E-state index is 0.0325. The van der Waals surface area contributed by atoms with Gasteiger partial charge in [-0.1, -0.05) is 72.3 Å². The number of esters is 2. The monoisotopic (exact) mass is 672 g/mol. The molecule has 5 aliphatic carbocycles. The highest BCUT2D eigenvalue weighted by Gasteiger charge is 2.65. The molecule has 9 atom stereocenters. The van der Waals surface area contributed by atoms with Crippen LogP contribution in [0.5, 0.6) is 5.75 Å². The Bertz CT molecular complexity index is 1630. The van der Waals surface area contributed by atoms with Crippen LogP contribution in [0.3, 0.4) is 0 Å². The Morgan fingerprint density at radius 1 is 0.939 bits per heavy atom. The second-order valence-corrected chi connectivity index (χ2v) is 18.3. The molecule has 0 saturated heterocycles. The lowest BCUT2D eigenvalue weighted by Crippen LogP contribution is -2.57. The third-order valence-corrected chi connectivity index (χ3v) is 15.1. The van der Waals surface area contributed by atoms with Crippen molar-refractivity contribution in [2.45, 2.75) is 142 Å². The van der Waals surface area contributed by atoms with E-state index < -0.39 is 40.8 Å². The number of benzene rings is 1. The summed E-state index contributed by atoms with van der Waals surface area (Å²) in [7, 11) is 0. The van der Waals surface area contributed by atoms with E-state index in [2.05, 4.69) is 53.8 Å². The maximum Gasteiger partial charge on any atom is 0.322 e. The Morgan fingerprint density at radius 3 is 2.29 bits per heavy atom. The van der Waals surface area contributed by atoms with Gasteiger partial charge in [-0.25, -0.2) is 0 Å². The quantitative estimate of drug-likeness (QED) is 0.187. The fourth-order valence-electron chi connectivity index (χ4n) is 12.9.